The number of carbonyl (C=O) groups excluding carboxylic acids is 4. The monoisotopic (exact) mass is 538 g/mol. The van der Waals surface area contributed by atoms with Crippen molar-refractivity contribution in [2.75, 3.05) is 13.2 Å². The van der Waals surface area contributed by atoms with Crippen molar-refractivity contribution in [2.24, 2.45) is 0 Å². The van der Waals surface area contributed by atoms with Gasteiger partial charge in [0, 0.05) is 0 Å². The Labute approximate surface area is 223 Å². The maximum Gasteiger partial charge on any atom is 0.290 e. The third-order valence-electron chi connectivity index (χ3n) is 5.47. The van der Waals surface area contributed by atoms with Crippen LogP contribution in [-0.2, 0) is 9.59 Å². The van der Waals surface area contributed by atoms with E-state index in [1.807, 2.05) is 48.5 Å². The van der Waals surface area contributed by atoms with Gasteiger partial charge in [0.15, 0.2) is 0 Å². The van der Waals surface area contributed by atoms with Crippen molar-refractivity contribution < 1.29 is 28.7 Å². The number of benzene rings is 2. The Hall–Kier alpha value is -3.50. The van der Waals surface area contributed by atoms with E-state index < -0.39 is 0 Å². The Bertz CT molecular complexity index is 1130. The number of rotatable bonds is 12. The molecule has 0 saturated carbocycles. The number of unbranched alkanes of at least 4 members (excludes halogenated alkanes) is 4. The van der Waals surface area contributed by atoms with Gasteiger partial charge >= 0.3 is 0 Å². The Balaban J connectivity index is 1.05. The first-order chi connectivity index (χ1) is 18.0. The molecular weight excluding hydrogens is 512 g/mol. The quantitative estimate of drug-likeness (QED) is 0.260. The number of ether oxygens (including phenoxy) is 2. The first-order valence-corrected chi connectivity index (χ1v) is 13.5. The third kappa shape index (κ3) is 8.26. The molecular formula is C27H26N2O6S2. The Kier molecular flexibility index (Phi) is 9.45. The molecule has 4 rings (SSSR count). The van der Waals surface area contributed by atoms with Gasteiger partial charge in [-0.15, -0.1) is 0 Å². The zero-order chi connectivity index (χ0) is 26.0. The molecule has 2 saturated heterocycles. The van der Waals surface area contributed by atoms with E-state index in [9.17, 15) is 19.2 Å². The third-order valence-corrected chi connectivity index (χ3v) is 7.09. The van der Waals surface area contributed by atoms with E-state index in [0.717, 1.165) is 78.3 Å². The van der Waals surface area contributed by atoms with Crippen molar-refractivity contribution in [1.82, 2.24) is 10.6 Å². The number of imide groups is 2. The lowest BCUT2D eigenvalue weighted by atomic mass is 10.1. The fourth-order valence-electron chi connectivity index (χ4n) is 3.58. The molecule has 0 aromatic heterocycles. The van der Waals surface area contributed by atoms with Crippen LogP contribution in [0, 0.1) is 0 Å². The summed E-state index contributed by atoms with van der Waals surface area (Å²) in [5.41, 5.74) is 1.68. The summed E-state index contributed by atoms with van der Waals surface area (Å²) >= 11 is 1.81. The summed E-state index contributed by atoms with van der Waals surface area (Å²) in [4.78, 5) is 46.5. The molecule has 2 aliphatic heterocycles. The highest BCUT2D eigenvalue weighted by Crippen LogP contribution is 2.27. The van der Waals surface area contributed by atoms with Crippen LogP contribution in [0.25, 0.3) is 12.2 Å². The molecule has 8 nitrogen and oxygen atoms in total. The number of hydrogen-bond donors (Lipinski definition) is 2. The molecule has 2 N–H and O–H groups in total. The van der Waals surface area contributed by atoms with Crippen molar-refractivity contribution in [3.8, 4) is 11.5 Å². The van der Waals surface area contributed by atoms with E-state index in [-0.39, 0.29) is 22.3 Å². The summed E-state index contributed by atoms with van der Waals surface area (Å²) in [5.74, 6) is 0.828. The summed E-state index contributed by atoms with van der Waals surface area (Å²) < 4.78 is 11.6. The van der Waals surface area contributed by atoms with Crippen molar-refractivity contribution in [1.29, 1.82) is 0 Å². The molecule has 0 bridgehead atoms. The molecule has 4 amide bonds. The minimum absolute atomic E-state index is 0.347. The van der Waals surface area contributed by atoms with E-state index >= 15 is 0 Å². The normalized spacial score (nSPS) is 17.4. The highest BCUT2D eigenvalue weighted by atomic mass is 32.2. The van der Waals surface area contributed by atoms with Crippen LogP contribution in [0.3, 0.4) is 0 Å². The van der Waals surface area contributed by atoms with Crippen LogP contribution in [-0.4, -0.2) is 35.5 Å². The van der Waals surface area contributed by atoms with Gasteiger partial charge in [-0.05, 0) is 83.9 Å². The number of carbonyl (C=O) groups is 4. The van der Waals surface area contributed by atoms with E-state index in [0.29, 0.717) is 23.0 Å². The molecule has 0 aliphatic carbocycles. The molecule has 2 heterocycles. The lowest BCUT2D eigenvalue weighted by Gasteiger charge is -2.08. The van der Waals surface area contributed by atoms with Crippen molar-refractivity contribution in [3.05, 3.63) is 69.5 Å². The standard InChI is InChI=1S/C27H26N2O6S2/c30-24-22(36-26(32)28-24)16-18-6-10-20(11-7-18)34-14-4-2-1-3-5-15-35-21-12-8-19(9-13-21)17-23-25(31)29-27(33)37-23/h6-13,16-17H,1-5,14-15H2,(H,28,30,32)(H,29,31,33). The fraction of sp³-hybridized carbons (Fsp3) is 0.259. The Morgan fingerprint density at radius 3 is 1.30 bits per heavy atom. The van der Waals surface area contributed by atoms with Gasteiger partial charge in [-0.1, -0.05) is 43.5 Å². The lowest BCUT2D eigenvalue weighted by molar-refractivity contribution is -0.116. The molecule has 0 spiro atoms. The smallest absolute Gasteiger partial charge is 0.290 e. The minimum atomic E-state index is -0.360. The van der Waals surface area contributed by atoms with Crippen LogP contribution in [0.2, 0.25) is 0 Å². The van der Waals surface area contributed by atoms with Crippen molar-refractivity contribution >= 4 is 58.0 Å². The van der Waals surface area contributed by atoms with E-state index in [1.165, 1.54) is 0 Å². The predicted molar refractivity (Wildman–Crippen MR) is 145 cm³/mol. The first-order valence-electron chi connectivity index (χ1n) is 11.9. The van der Waals surface area contributed by atoms with E-state index in [4.69, 9.17) is 9.47 Å². The van der Waals surface area contributed by atoms with Gasteiger partial charge in [0.1, 0.15) is 11.5 Å². The molecule has 0 atom stereocenters. The Morgan fingerprint density at radius 1 is 0.568 bits per heavy atom. The summed E-state index contributed by atoms with van der Waals surface area (Å²) in [5, 5.41) is 3.79. The van der Waals surface area contributed by atoms with Crippen LogP contribution in [0.4, 0.5) is 9.59 Å². The summed E-state index contributed by atoms with van der Waals surface area (Å²) in [6, 6.07) is 14.9. The first kappa shape index (κ1) is 26.6. The largest absolute Gasteiger partial charge is 0.494 e. The molecule has 0 radical (unpaired) electrons. The molecule has 10 heteroatoms. The molecule has 2 aromatic carbocycles. The predicted octanol–water partition coefficient (Wildman–Crippen LogP) is 5.74. The number of amides is 4. The highest BCUT2D eigenvalue weighted by Gasteiger charge is 2.25. The SMILES string of the molecule is O=C1NC(=O)C(=Cc2ccc(OCCCCCCCOc3ccc(C=C4SC(=O)NC4=O)cc3)cc2)S1. The molecule has 37 heavy (non-hydrogen) atoms. The summed E-state index contributed by atoms with van der Waals surface area (Å²) in [6.45, 7) is 1.28. The number of hydrogen-bond acceptors (Lipinski definition) is 8. The van der Waals surface area contributed by atoms with Crippen LogP contribution >= 0.6 is 23.5 Å². The van der Waals surface area contributed by atoms with Gasteiger partial charge in [-0.3, -0.25) is 29.8 Å². The maximum atomic E-state index is 11.6. The molecule has 2 aromatic rings. The van der Waals surface area contributed by atoms with Crippen LogP contribution in [0.1, 0.15) is 43.2 Å². The van der Waals surface area contributed by atoms with Gasteiger partial charge in [-0.25, -0.2) is 0 Å². The molecule has 0 unspecified atom stereocenters. The Morgan fingerprint density at radius 2 is 0.946 bits per heavy atom. The maximum absolute atomic E-state index is 11.6. The zero-order valence-corrected chi connectivity index (χ0v) is 21.6. The number of nitrogens with one attached hydrogen (secondary N) is 2. The molecule has 2 fully saturated rings. The molecule has 2 aliphatic rings. The van der Waals surface area contributed by atoms with Crippen molar-refractivity contribution in [3.63, 3.8) is 0 Å². The average Bonchev–Trinajstić information content (AvgIpc) is 3.37. The second-order valence-electron chi connectivity index (χ2n) is 8.31. The number of thioether (sulfide) groups is 2. The minimum Gasteiger partial charge on any atom is -0.494 e. The van der Waals surface area contributed by atoms with E-state index in [2.05, 4.69) is 10.6 Å². The second kappa shape index (κ2) is 13.2. The zero-order valence-electron chi connectivity index (χ0n) is 20.0. The van der Waals surface area contributed by atoms with Gasteiger partial charge in [-0.2, -0.15) is 0 Å². The van der Waals surface area contributed by atoms with Crippen LogP contribution in [0.5, 0.6) is 11.5 Å². The van der Waals surface area contributed by atoms with Gasteiger partial charge in [0.05, 0.1) is 23.0 Å². The van der Waals surface area contributed by atoms with Crippen molar-refractivity contribution in [2.45, 2.75) is 32.1 Å². The second-order valence-corrected chi connectivity index (χ2v) is 10.3. The van der Waals surface area contributed by atoms with Gasteiger partial charge in [0.2, 0.25) is 0 Å². The van der Waals surface area contributed by atoms with Crippen LogP contribution in [0.15, 0.2) is 58.3 Å². The van der Waals surface area contributed by atoms with Crippen LogP contribution < -0.4 is 20.1 Å². The van der Waals surface area contributed by atoms with E-state index in [1.54, 1.807) is 12.2 Å². The lowest BCUT2D eigenvalue weighted by Crippen LogP contribution is -2.17. The topological polar surface area (TPSA) is 111 Å². The average molecular weight is 539 g/mol. The van der Waals surface area contributed by atoms with Gasteiger partial charge in [0.25, 0.3) is 22.3 Å². The summed E-state index contributed by atoms with van der Waals surface area (Å²) in [7, 11) is 0. The summed E-state index contributed by atoms with van der Waals surface area (Å²) in [6.07, 6.45) is 8.54. The molecule has 192 valence electrons. The fourth-order valence-corrected chi connectivity index (χ4v) is 4.94. The van der Waals surface area contributed by atoms with Gasteiger partial charge < -0.3 is 9.47 Å². The highest BCUT2D eigenvalue weighted by molar-refractivity contribution is 8.18.